The maximum Gasteiger partial charge on any atom is 0.258 e. The number of carbonyl (C=O) groups is 1. The lowest BCUT2D eigenvalue weighted by Crippen LogP contribution is -2.43. The quantitative estimate of drug-likeness (QED) is 0.811. The molecule has 2 N–H and O–H groups in total. The Morgan fingerprint density at radius 1 is 1.27 bits per heavy atom. The van der Waals surface area contributed by atoms with Gasteiger partial charge in [0.25, 0.3) is 5.91 Å². The first kappa shape index (κ1) is 16.6. The Kier molecular flexibility index (Phi) is 5.29. The summed E-state index contributed by atoms with van der Waals surface area (Å²) in [6.07, 6.45) is 2.53. The first-order chi connectivity index (χ1) is 10.4. The number of methoxy groups -OCH3 is 1. The number of nitrogens with one attached hydrogen (secondary N) is 2. The van der Waals surface area contributed by atoms with Crippen LogP contribution in [0.2, 0.25) is 0 Å². The van der Waals surface area contributed by atoms with Gasteiger partial charge in [-0.2, -0.15) is 0 Å². The third-order valence-corrected chi connectivity index (χ3v) is 3.27. The molecule has 1 aliphatic rings. The second kappa shape index (κ2) is 7.01. The molecule has 0 unspecified atom stereocenters. The van der Waals surface area contributed by atoms with Crippen LogP contribution in [0.5, 0.6) is 11.5 Å². The monoisotopic (exact) mass is 306 g/mol. The molecule has 22 heavy (non-hydrogen) atoms. The average molecular weight is 306 g/mol. The van der Waals surface area contributed by atoms with Gasteiger partial charge in [-0.25, -0.2) is 0 Å². The number of hydrogen-bond donors (Lipinski definition) is 2. The molecule has 1 saturated carbocycles. The van der Waals surface area contributed by atoms with Crippen LogP contribution in [0.3, 0.4) is 0 Å². The lowest BCUT2D eigenvalue weighted by molar-refractivity contribution is -0.124. The van der Waals surface area contributed by atoms with Crippen molar-refractivity contribution in [2.75, 3.05) is 13.7 Å². The van der Waals surface area contributed by atoms with Crippen LogP contribution >= 0.6 is 0 Å². The van der Waals surface area contributed by atoms with Gasteiger partial charge in [0.1, 0.15) is 0 Å². The summed E-state index contributed by atoms with van der Waals surface area (Å²) in [6, 6.07) is 6.47. The van der Waals surface area contributed by atoms with Gasteiger partial charge in [-0.1, -0.05) is 6.07 Å². The standard InChI is InChI=1S/C17H26N2O3/c1-17(2,3)19-16(20)11-22-14-8-5-12(9-15(14)21-4)10-18-13-6-7-13/h5,8-9,13,18H,6-7,10-11H2,1-4H3,(H,19,20). The van der Waals surface area contributed by atoms with Gasteiger partial charge in [0.2, 0.25) is 0 Å². The predicted octanol–water partition coefficient (Wildman–Crippen LogP) is 2.24. The molecule has 0 radical (unpaired) electrons. The van der Waals surface area contributed by atoms with Crippen molar-refractivity contribution < 1.29 is 14.3 Å². The third-order valence-electron chi connectivity index (χ3n) is 3.27. The molecule has 1 aromatic carbocycles. The zero-order valence-corrected chi connectivity index (χ0v) is 13.9. The fourth-order valence-corrected chi connectivity index (χ4v) is 2.09. The predicted molar refractivity (Wildman–Crippen MR) is 86.2 cm³/mol. The van der Waals surface area contributed by atoms with E-state index in [1.165, 1.54) is 12.8 Å². The number of carbonyl (C=O) groups excluding carboxylic acids is 1. The van der Waals surface area contributed by atoms with E-state index in [0.717, 1.165) is 12.1 Å². The molecule has 1 amide bonds. The highest BCUT2D eigenvalue weighted by Crippen LogP contribution is 2.28. The smallest absolute Gasteiger partial charge is 0.258 e. The summed E-state index contributed by atoms with van der Waals surface area (Å²) >= 11 is 0. The van der Waals surface area contributed by atoms with Crippen molar-refractivity contribution in [1.29, 1.82) is 0 Å². The van der Waals surface area contributed by atoms with Crippen molar-refractivity contribution in [3.63, 3.8) is 0 Å². The van der Waals surface area contributed by atoms with Gasteiger partial charge in [0.15, 0.2) is 18.1 Å². The first-order valence-corrected chi connectivity index (χ1v) is 7.71. The zero-order valence-electron chi connectivity index (χ0n) is 13.9. The Morgan fingerprint density at radius 3 is 2.59 bits per heavy atom. The van der Waals surface area contributed by atoms with E-state index in [-0.39, 0.29) is 18.1 Å². The lowest BCUT2D eigenvalue weighted by Gasteiger charge is -2.20. The normalized spacial score (nSPS) is 14.5. The summed E-state index contributed by atoms with van der Waals surface area (Å²) in [4.78, 5) is 11.8. The molecule has 5 heteroatoms. The minimum Gasteiger partial charge on any atom is -0.493 e. The summed E-state index contributed by atoms with van der Waals surface area (Å²) < 4.78 is 10.9. The molecule has 0 aromatic heterocycles. The molecular weight excluding hydrogens is 280 g/mol. The highest BCUT2D eigenvalue weighted by Gasteiger charge is 2.20. The maximum atomic E-state index is 11.8. The molecular formula is C17H26N2O3. The van der Waals surface area contributed by atoms with Gasteiger partial charge in [0, 0.05) is 18.1 Å². The van der Waals surface area contributed by atoms with Crippen LogP contribution in [0.1, 0.15) is 39.2 Å². The molecule has 122 valence electrons. The van der Waals surface area contributed by atoms with E-state index in [0.29, 0.717) is 17.5 Å². The number of benzene rings is 1. The maximum absolute atomic E-state index is 11.8. The summed E-state index contributed by atoms with van der Waals surface area (Å²) in [5, 5.41) is 6.32. The molecule has 1 aromatic rings. The van der Waals surface area contributed by atoms with Gasteiger partial charge in [-0.15, -0.1) is 0 Å². The van der Waals surface area contributed by atoms with Crippen LogP contribution in [0.4, 0.5) is 0 Å². The van der Waals surface area contributed by atoms with Crippen molar-refractivity contribution in [3.8, 4) is 11.5 Å². The third kappa shape index (κ3) is 5.56. The summed E-state index contributed by atoms with van der Waals surface area (Å²) in [5.74, 6) is 1.09. The van der Waals surface area contributed by atoms with Crippen LogP contribution in [0.15, 0.2) is 18.2 Å². The highest BCUT2D eigenvalue weighted by atomic mass is 16.5. The summed E-state index contributed by atoms with van der Waals surface area (Å²) in [7, 11) is 1.61. The van der Waals surface area contributed by atoms with Gasteiger partial charge in [-0.05, 0) is 51.3 Å². The molecule has 0 spiro atoms. The minimum atomic E-state index is -0.261. The van der Waals surface area contributed by atoms with Crippen LogP contribution in [-0.4, -0.2) is 31.2 Å². The second-order valence-corrected chi connectivity index (χ2v) is 6.73. The van der Waals surface area contributed by atoms with Crippen LogP contribution in [-0.2, 0) is 11.3 Å². The van der Waals surface area contributed by atoms with Gasteiger partial charge >= 0.3 is 0 Å². The second-order valence-electron chi connectivity index (χ2n) is 6.73. The van der Waals surface area contributed by atoms with Crippen LogP contribution < -0.4 is 20.1 Å². The number of rotatable bonds is 7. The lowest BCUT2D eigenvalue weighted by atomic mass is 10.1. The molecule has 0 heterocycles. The fourth-order valence-electron chi connectivity index (χ4n) is 2.09. The molecule has 0 bridgehead atoms. The van der Waals surface area contributed by atoms with E-state index in [1.54, 1.807) is 7.11 Å². The summed E-state index contributed by atoms with van der Waals surface area (Å²) in [5.41, 5.74) is 0.887. The van der Waals surface area contributed by atoms with E-state index in [1.807, 2.05) is 39.0 Å². The topological polar surface area (TPSA) is 59.6 Å². The molecule has 0 aliphatic heterocycles. The molecule has 2 rings (SSSR count). The molecule has 5 nitrogen and oxygen atoms in total. The Hall–Kier alpha value is -1.75. The number of hydrogen-bond acceptors (Lipinski definition) is 4. The average Bonchev–Trinajstić information content (AvgIpc) is 3.25. The number of amides is 1. The van der Waals surface area contributed by atoms with Gasteiger partial charge in [-0.3, -0.25) is 4.79 Å². The van der Waals surface area contributed by atoms with Crippen molar-refractivity contribution in [3.05, 3.63) is 23.8 Å². The largest absolute Gasteiger partial charge is 0.493 e. The van der Waals surface area contributed by atoms with E-state index < -0.39 is 0 Å². The molecule has 0 atom stereocenters. The van der Waals surface area contributed by atoms with Crippen molar-refractivity contribution in [2.24, 2.45) is 0 Å². The Morgan fingerprint density at radius 2 is 2.00 bits per heavy atom. The molecule has 1 aliphatic carbocycles. The van der Waals surface area contributed by atoms with Crippen molar-refractivity contribution in [2.45, 2.75) is 51.7 Å². The van der Waals surface area contributed by atoms with Crippen molar-refractivity contribution in [1.82, 2.24) is 10.6 Å². The van der Waals surface area contributed by atoms with Gasteiger partial charge < -0.3 is 20.1 Å². The SMILES string of the molecule is COc1cc(CNC2CC2)ccc1OCC(=O)NC(C)(C)C. The Bertz CT molecular complexity index is 519. The Labute approximate surface area is 132 Å². The highest BCUT2D eigenvalue weighted by molar-refractivity contribution is 5.78. The minimum absolute atomic E-state index is 0.0205. The zero-order chi connectivity index (χ0) is 16.2. The van der Waals surface area contributed by atoms with E-state index >= 15 is 0 Å². The summed E-state index contributed by atoms with van der Waals surface area (Å²) in [6.45, 7) is 6.62. The van der Waals surface area contributed by atoms with E-state index in [2.05, 4.69) is 10.6 Å². The molecule has 0 saturated heterocycles. The van der Waals surface area contributed by atoms with Crippen LogP contribution in [0, 0.1) is 0 Å². The van der Waals surface area contributed by atoms with Crippen molar-refractivity contribution >= 4 is 5.91 Å². The van der Waals surface area contributed by atoms with Crippen LogP contribution in [0.25, 0.3) is 0 Å². The first-order valence-electron chi connectivity index (χ1n) is 7.71. The van der Waals surface area contributed by atoms with E-state index in [4.69, 9.17) is 9.47 Å². The van der Waals surface area contributed by atoms with Gasteiger partial charge in [0.05, 0.1) is 7.11 Å². The fraction of sp³-hybridized carbons (Fsp3) is 0.588. The molecule has 1 fully saturated rings. The number of ether oxygens (including phenoxy) is 2. The van der Waals surface area contributed by atoms with E-state index in [9.17, 15) is 4.79 Å². The Balaban J connectivity index is 1.90.